The van der Waals surface area contributed by atoms with Gasteiger partial charge in [0.1, 0.15) is 11.9 Å². The molecule has 1 aliphatic heterocycles. The molecule has 1 aromatic carbocycles. The lowest BCUT2D eigenvalue weighted by atomic mass is 9.95. The summed E-state index contributed by atoms with van der Waals surface area (Å²) in [7, 11) is 0. The van der Waals surface area contributed by atoms with Crippen LogP contribution < -0.4 is 10.6 Å². The van der Waals surface area contributed by atoms with E-state index in [1.807, 2.05) is 4.90 Å². The normalized spacial score (nSPS) is 27.6. The predicted octanol–water partition coefficient (Wildman–Crippen LogP) is 3.34. The number of likely N-dealkylation sites (tertiary alicyclic amines) is 1. The van der Waals surface area contributed by atoms with E-state index in [0.717, 1.165) is 37.7 Å². The van der Waals surface area contributed by atoms with Crippen molar-refractivity contribution in [3.05, 3.63) is 35.6 Å². The quantitative estimate of drug-likeness (QED) is 0.850. The van der Waals surface area contributed by atoms with E-state index in [1.54, 1.807) is 12.1 Å². The SMILES string of the molecule is O=C(NCc1ccc(F)cc1)[C@H]1[C@H]2CC[C@@H](C2)N1C(=O)NC1CCCCC1. The van der Waals surface area contributed by atoms with Gasteiger partial charge in [0.25, 0.3) is 0 Å². The highest BCUT2D eigenvalue weighted by Crippen LogP contribution is 2.42. The van der Waals surface area contributed by atoms with Crippen molar-refractivity contribution < 1.29 is 14.0 Å². The fraction of sp³-hybridized carbons (Fsp3) is 0.619. The maximum Gasteiger partial charge on any atom is 0.318 e. The van der Waals surface area contributed by atoms with Gasteiger partial charge in [0.15, 0.2) is 0 Å². The Morgan fingerprint density at radius 3 is 2.52 bits per heavy atom. The van der Waals surface area contributed by atoms with Gasteiger partial charge in [-0.1, -0.05) is 31.4 Å². The lowest BCUT2D eigenvalue weighted by Crippen LogP contribution is -2.57. The van der Waals surface area contributed by atoms with Gasteiger partial charge in [-0.15, -0.1) is 0 Å². The summed E-state index contributed by atoms with van der Waals surface area (Å²) in [6, 6.07) is 6.09. The van der Waals surface area contributed by atoms with Gasteiger partial charge in [0.05, 0.1) is 0 Å². The number of nitrogens with zero attached hydrogens (tertiary/aromatic N) is 1. The highest BCUT2D eigenvalue weighted by molar-refractivity contribution is 5.88. The molecule has 1 aromatic rings. The van der Waals surface area contributed by atoms with Crippen LogP contribution >= 0.6 is 0 Å². The molecule has 3 amide bonds. The summed E-state index contributed by atoms with van der Waals surface area (Å²) in [4.78, 5) is 27.6. The van der Waals surface area contributed by atoms with Gasteiger partial charge >= 0.3 is 6.03 Å². The van der Waals surface area contributed by atoms with Crippen LogP contribution in [-0.2, 0) is 11.3 Å². The number of carbonyl (C=O) groups excluding carboxylic acids is 2. The first kappa shape index (κ1) is 18.3. The maximum absolute atomic E-state index is 13.0. The van der Waals surface area contributed by atoms with E-state index in [4.69, 9.17) is 0 Å². The molecular formula is C21H28FN3O2. The van der Waals surface area contributed by atoms with Crippen molar-refractivity contribution in [3.8, 4) is 0 Å². The van der Waals surface area contributed by atoms with E-state index >= 15 is 0 Å². The molecule has 0 unspecified atom stereocenters. The maximum atomic E-state index is 13.0. The summed E-state index contributed by atoms with van der Waals surface area (Å²) < 4.78 is 13.0. The molecule has 27 heavy (non-hydrogen) atoms. The van der Waals surface area contributed by atoms with Crippen molar-refractivity contribution in [3.63, 3.8) is 0 Å². The molecule has 2 saturated carbocycles. The van der Waals surface area contributed by atoms with Crippen molar-refractivity contribution in [2.75, 3.05) is 0 Å². The van der Waals surface area contributed by atoms with Crippen LogP contribution in [0.4, 0.5) is 9.18 Å². The largest absolute Gasteiger partial charge is 0.350 e. The summed E-state index contributed by atoms with van der Waals surface area (Å²) in [6.07, 6.45) is 8.57. The number of nitrogens with one attached hydrogen (secondary N) is 2. The summed E-state index contributed by atoms with van der Waals surface area (Å²) in [5, 5.41) is 6.13. The van der Waals surface area contributed by atoms with Crippen LogP contribution in [0.5, 0.6) is 0 Å². The van der Waals surface area contributed by atoms with Gasteiger partial charge in [-0.2, -0.15) is 0 Å². The van der Waals surface area contributed by atoms with Gasteiger partial charge in [0.2, 0.25) is 5.91 Å². The Hall–Kier alpha value is -2.11. The van der Waals surface area contributed by atoms with Crippen LogP contribution in [-0.4, -0.2) is 35.0 Å². The fourth-order valence-corrected chi connectivity index (χ4v) is 5.01. The number of hydrogen-bond donors (Lipinski definition) is 2. The molecule has 3 atom stereocenters. The average Bonchev–Trinajstić information content (AvgIpc) is 3.29. The van der Waals surface area contributed by atoms with Gasteiger partial charge in [-0.25, -0.2) is 9.18 Å². The second-order valence-corrected chi connectivity index (χ2v) is 8.21. The monoisotopic (exact) mass is 373 g/mol. The van der Waals surface area contributed by atoms with Gasteiger partial charge in [-0.05, 0) is 55.7 Å². The first-order valence-corrected chi connectivity index (χ1v) is 10.2. The molecular weight excluding hydrogens is 345 g/mol. The predicted molar refractivity (Wildman–Crippen MR) is 100 cm³/mol. The lowest BCUT2D eigenvalue weighted by Gasteiger charge is -2.36. The topological polar surface area (TPSA) is 61.4 Å². The van der Waals surface area contributed by atoms with E-state index in [-0.39, 0.29) is 41.8 Å². The van der Waals surface area contributed by atoms with Gasteiger partial charge in [0, 0.05) is 18.6 Å². The van der Waals surface area contributed by atoms with E-state index in [1.165, 1.54) is 31.4 Å². The van der Waals surface area contributed by atoms with Gasteiger partial charge < -0.3 is 15.5 Å². The smallest absolute Gasteiger partial charge is 0.318 e. The number of amides is 3. The van der Waals surface area contributed by atoms with Crippen molar-refractivity contribution in [2.24, 2.45) is 5.92 Å². The summed E-state index contributed by atoms with van der Waals surface area (Å²) in [5.41, 5.74) is 0.853. The van der Waals surface area contributed by atoms with Crippen molar-refractivity contribution >= 4 is 11.9 Å². The van der Waals surface area contributed by atoms with Crippen LogP contribution in [0.25, 0.3) is 0 Å². The first-order chi connectivity index (χ1) is 13.1. The first-order valence-electron chi connectivity index (χ1n) is 10.2. The Bertz CT molecular complexity index is 687. The van der Waals surface area contributed by atoms with Crippen molar-refractivity contribution in [1.29, 1.82) is 0 Å². The minimum Gasteiger partial charge on any atom is -0.350 e. The lowest BCUT2D eigenvalue weighted by molar-refractivity contribution is -0.127. The number of carbonyl (C=O) groups is 2. The van der Waals surface area contributed by atoms with Crippen LogP contribution in [0.2, 0.25) is 0 Å². The number of hydrogen-bond acceptors (Lipinski definition) is 2. The Balaban J connectivity index is 1.39. The van der Waals surface area contributed by atoms with Crippen LogP contribution in [0.15, 0.2) is 24.3 Å². The molecule has 6 heteroatoms. The molecule has 2 aliphatic carbocycles. The number of piperidine rings is 1. The van der Waals surface area contributed by atoms with Crippen LogP contribution in [0.1, 0.15) is 56.9 Å². The molecule has 1 saturated heterocycles. The molecule has 5 nitrogen and oxygen atoms in total. The summed E-state index contributed by atoms with van der Waals surface area (Å²) in [6.45, 7) is 0.352. The van der Waals surface area contributed by atoms with E-state index in [9.17, 15) is 14.0 Å². The number of halogens is 1. The summed E-state index contributed by atoms with van der Waals surface area (Å²) in [5.74, 6) is -0.130. The Kier molecular flexibility index (Phi) is 5.32. The van der Waals surface area contributed by atoms with Crippen LogP contribution in [0.3, 0.4) is 0 Å². The zero-order valence-corrected chi connectivity index (χ0v) is 15.6. The Morgan fingerprint density at radius 1 is 1.04 bits per heavy atom. The highest BCUT2D eigenvalue weighted by atomic mass is 19.1. The van der Waals surface area contributed by atoms with E-state index < -0.39 is 0 Å². The number of urea groups is 1. The third-order valence-electron chi connectivity index (χ3n) is 6.40. The molecule has 1 heterocycles. The van der Waals surface area contributed by atoms with Crippen molar-refractivity contribution in [2.45, 2.75) is 76.0 Å². The molecule has 0 radical (unpaired) electrons. The van der Waals surface area contributed by atoms with Gasteiger partial charge in [-0.3, -0.25) is 4.79 Å². The minimum absolute atomic E-state index is 0.0731. The highest BCUT2D eigenvalue weighted by Gasteiger charge is 2.51. The molecule has 0 aromatic heterocycles. The van der Waals surface area contributed by atoms with E-state index in [2.05, 4.69) is 10.6 Å². The molecule has 2 bridgehead atoms. The molecule has 4 rings (SSSR count). The van der Waals surface area contributed by atoms with Crippen LogP contribution in [0, 0.1) is 11.7 Å². The molecule has 3 fully saturated rings. The second kappa shape index (κ2) is 7.87. The molecule has 0 spiro atoms. The standard InChI is InChI=1S/C21H28FN3O2/c22-16-9-6-14(7-10-16)13-23-20(26)19-15-8-11-18(12-15)25(19)21(27)24-17-4-2-1-3-5-17/h6-7,9-10,15,17-19H,1-5,8,11-13H2,(H,23,26)(H,24,27)/t15-,18-,19+/m0/s1. The second-order valence-electron chi connectivity index (χ2n) is 8.21. The number of rotatable bonds is 4. The zero-order valence-electron chi connectivity index (χ0n) is 15.6. The summed E-state index contributed by atoms with van der Waals surface area (Å²) >= 11 is 0. The Morgan fingerprint density at radius 2 is 1.78 bits per heavy atom. The van der Waals surface area contributed by atoms with Crippen molar-refractivity contribution in [1.82, 2.24) is 15.5 Å². The average molecular weight is 373 g/mol. The van der Waals surface area contributed by atoms with E-state index in [0.29, 0.717) is 6.54 Å². The zero-order chi connectivity index (χ0) is 18.8. The molecule has 2 N–H and O–H groups in total. The Labute approximate surface area is 159 Å². The fourth-order valence-electron chi connectivity index (χ4n) is 5.01. The number of fused-ring (bicyclic) bond motifs is 2. The third kappa shape index (κ3) is 3.94. The molecule has 3 aliphatic rings. The third-order valence-corrected chi connectivity index (χ3v) is 6.40. The minimum atomic E-state index is -0.382. The number of benzene rings is 1. The molecule has 146 valence electrons.